The van der Waals surface area contributed by atoms with Crippen molar-refractivity contribution < 1.29 is 19.4 Å². The number of hydrogen-bond acceptors (Lipinski definition) is 5. The van der Waals surface area contributed by atoms with E-state index in [-0.39, 0.29) is 25.0 Å². The van der Waals surface area contributed by atoms with Gasteiger partial charge in [-0.25, -0.2) is 4.98 Å². The number of carbonyl (C=O) groups is 2. The van der Waals surface area contributed by atoms with Crippen molar-refractivity contribution in [3.63, 3.8) is 0 Å². The van der Waals surface area contributed by atoms with E-state index in [1.165, 1.54) is 4.90 Å². The van der Waals surface area contributed by atoms with Gasteiger partial charge in [0.1, 0.15) is 6.10 Å². The average molecular weight is 419 g/mol. The first-order chi connectivity index (χ1) is 15.1. The van der Waals surface area contributed by atoms with Crippen LogP contribution < -0.4 is 0 Å². The first kappa shape index (κ1) is 21.0. The van der Waals surface area contributed by atoms with Gasteiger partial charge in [-0.1, -0.05) is 36.4 Å². The topological polar surface area (TPSA) is 83.0 Å². The molecular formula is C24H25N3O4. The summed E-state index contributed by atoms with van der Waals surface area (Å²) in [4.78, 5) is 33.9. The molecular weight excluding hydrogens is 394 g/mol. The molecule has 0 bridgehead atoms. The lowest BCUT2D eigenvalue weighted by Gasteiger charge is -2.33. The molecule has 0 radical (unpaired) electrons. The third kappa shape index (κ3) is 4.42. The Kier molecular flexibility index (Phi) is 6.25. The van der Waals surface area contributed by atoms with Crippen LogP contribution in [0.5, 0.6) is 0 Å². The van der Waals surface area contributed by atoms with Gasteiger partial charge in [-0.15, -0.1) is 0 Å². The van der Waals surface area contributed by atoms with Gasteiger partial charge in [0.15, 0.2) is 0 Å². The largest absolute Gasteiger partial charge is 0.395 e. The van der Waals surface area contributed by atoms with Crippen LogP contribution in [0.1, 0.15) is 32.5 Å². The molecule has 31 heavy (non-hydrogen) atoms. The van der Waals surface area contributed by atoms with Crippen molar-refractivity contribution in [1.82, 2.24) is 14.8 Å². The van der Waals surface area contributed by atoms with Gasteiger partial charge in [-0.3, -0.25) is 9.59 Å². The van der Waals surface area contributed by atoms with Gasteiger partial charge in [0.2, 0.25) is 0 Å². The number of aromatic nitrogens is 1. The van der Waals surface area contributed by atoms with E-state index < -0.39 is 6.10 Å². The lowest BCUT2D eigenvalue weighted by molar-refractivity contribution is -0.0246. The summed E-state index contributed by atoms with van der Waals surface area (Å²) in [5.74, 6) is -0.240. The molecule has 1 aliphatic heterocycles. The number of carbonyl (C=O) groups excluding carboxylic acids is 2. The van der Waals surface area contributed by atoms with E-state index in [1.807, 2.05) is 42.5 Å². The summed E-state index contributed by atoms with van der Waals surface area (Å²) in [6.07, 6.45) is -0.430. The van der Waals surface area contributed by atoms with E-state index in [0.29, 0.717) is 42.0 Å². The number of likely N-dealkylation sites (N-methyl/N-ethyl adjacent to an activating group) is 1. The van der Waals surface area contributed by atoms with Crippen molar-refractivity contribution in [3.8, 4) is 0 Å². The molecule has 0 spiro atoms. The fourth-order valence-corrected chi connectivity index (χ4v) is 3.77. The molecule has 160 valence electrons. The number of amides is 2. The van der Waals surface area contributed by atoms with E-state index in [1.54, 1.807) is 30.1 Å². The van der Waals surface area contributed by atoms with Crippen molar-refractivity contribution in [3.05, 3.63) is 77.5 Å². The minimum atomic E-state index is -0.430. The maximum absolute atomic E-state index is 13.0. The second kappa shape index (κ2) is 9.24. The van der Waals surface area contributed by atoms with Crippen LogP contribution in [-0.4, -0.2) is 71.6 Å². The van der Waals surface area contributed by atoms with Crippen LogP contribution in [0.15, 0.2) is 60.7 Å². The van der Waals surface area contributed by atoms with E-state index in [2.05, 4.69) is 0 Å². The maximum Gasteiger partial charge on any atom is 0.254 e. The zero-order valence-corrected chi connectivity index (χ0v) is 17.4. The first-order valence-electron chi connectivity index (χ1n) is 10.3. The average Bonchev–Trinajstić information content (AvgIpc) is 2.83. The molecule has 1 aromatic heterocycles. The number of fused-ring (bicyclic) bond motifs is 1. The summed E-state index contributed by atoms with van der Waals surface area (Å²) in [6, 6.07) is 18.4. The fraction of sp³-hybridized carbons (Fsp3) is 0.292. The van der Waals surface area contributed by atoms with Gasteiger partial charge in [-0.05, 0) is 24.3 Å². The normalized spacial score (nSPS) is 16.3. The molecule has 2 heterocycles. The van der Waals surface area contributed by atoms with Crippen LogP contribution in [-0.2, 0) is 4.74 Å². The van der Waals surface area contributed by atoms with E-state index in [0.717, 1.165) is 5.39 Å². The number of ether oxygens (including phenoxy) is 1. The zero-order valence-electron chi connectivity index (χ0n) is 17.4. The minimum absolute atomic E-state index is 0.0475. The number of rotatable bonds is 5. The van der Waals surface area contributed by atoms with Gasteiger partial charge in [0.25, 0.3) is 11.8 Å². The Bertz CT molecular complexity index is 1090. The highest BCUT2D eigenvalue weighted by Gasteiger charge is 2.28. The van der Waals surface area contributed by atoms with Crippen molar-refractivity contribution in [2.75, 3.05) is 39.9 Å². The molecule has 1 atom stereocenters. The van der Waals surface area contributed by atoms with Gasteiger partial charge >= 0.3 is 0 Å². The standard InChI is InChI=1S/C24H25N3O4/c1-26(11-13-28)24(30)19-15-21(25-20-10-6-5-9-18(19)20)22-16-27(12-14-31-22)23(29)17-7-3-2-4-8-17/h2-10,15,22,28H,11-14,16H2,1H3/t22-/m1/s1. The fourth-order valence-electron chi connectivity index (χ4n) is 3.77. The molecule has 4 rings (SSSR count). The highest BCUT2D eigenvalue weighted by molar-refractivity contribution is 6.06. The van der Waals surface area contributed by atoms with E-state index >= 15 is 0 Å². The Morgan fingerprint density at radius 1 is 1.16 bits per heavy atom. The molecule has 1 N–H and O–H groups in total. The lowest BCUT2D eigenvalue weighted by Crippen LogP contribution is -2.42. The molecule has 1 saturated heterocycles. The third-order valence-electron chi connectivity index (χ3n) is 5.45. The summed E-state index contributed by atoms with van der Waals surface area (Å²) in [6.45, 7) is 1.39. The Hall–Kier alpha value is -3.29. The highest BCUT2D eigenvalue weighted by atomic mass is 16.5. The molecule has 7 heteroatoms. The molecule has 0 aliphatic carbocycles. The first-order valence-corrected chi connectivity index (χ1v) is 10.3. The summed E-state index contributed by atoms with van der Waals surface area (Å²) in [5.41, 5.74) is 2.45. The van der Waals surface area contributed by atoms with Crippen molar-refractivity contribution in [2.24, 2.45) is 0 Å². The molecule has 1 aliphatic rings. The SMILES string of the molecule is CN(CCO)C(=O)c1cc([C@H]2CN(C(=O)c3ccccc3)CCO2)nc2ccccc12. The van der Waals surface area contributed by atoms with Crippen LogP contribution in [0, 0.1) is 0 Å². The lowest BCUT2D eigenvalue weighted by atomic mass is 10.0. The van der Waals surface area contributed by atoms with Crippen LogP contribution in [0.4, 0.5) is 0 Å². The smallest absolute Gasteiger partial charge is 0.254 e. The van der Waals surface area contributed by atoms with Gasteiger partial charge < -0.3 is 19.6 Å². The summed E-state index contributed by atoms with van der Waals surface area (Å²) >= 11 is 0. The number of pyridine rings is 1. The molecule has 0 saturated carbocycles. The number of morpholine rings is 1. The van der Waals surface area contributed by atoms with Crippen LogP contribution in [0.2, 0.25) is 0 Å². The van der Waals surface area contributed by atoms with Crippen LogP contribution >= 0.6 is 0 Å². The second-order valence-electron chi connectivity index (χ2n) is 7.54. The number of hydrogen-bond donors (Lipinski definition) is 1. The van der Waals surface area contributed by atoms with Crippen molar-refractivity contribution >= 4 is 22.7 Å². The van der Waals surface area contributed by atoms with Crippen LogP contribution in [0.25, 0.3) is 10.9 Å². The summed E-state index contributed by atoms with van der Waals surface area (Å²) in [7, 11) is 1.66. The molecule has 2 aromatic carbocycles. The minimum Gasteiger partial charge on any atom is -0.395 e. The Morgan fingerprint density at radius 3 is 2.68 bits per heavy atom. The predicted octanol–water partition coefficient (Wildman–Crippen LogP) is 2.51. The summed E-state index contributed by atoms with van der Waals surface area (Å²) in [5, 5.41) is 9.96. The number of benzene rings is 2. The number of aliphatic hydroxyl groups excluding tert-OH is 1. The van der Waals surface area contributed by atoms with E-state index in [4.69, 9.17) is 9.72 Å². The molecule has 2 amide bonds. The zero-order chi connectivity index (χ0) is 21.8. The van der Waals surface area contributed by atoms with Crippen molar-refractivity contribution in [2.45, 2.75) is 6.10 Å². The molecule has 1 fully saturated rings. The van der Waals surface area contributed by atoms with Crippen LogP contribution in [0.3, 0.4) is 0 Å². The van der Waals surface area contributed by atoms with Gasteiger partial charge in [-0.2, -0.15) is 0 Å². The molecule has 7 nitrogen and oxygen atoms in total. The van der Waals surface area contributed by atoms with E-state index in [9.17, 15) is 14.7 Å². The maximum atomic E-state index is 13.0. The summed E-state index contributed by atoms with van der Waals surface area (Å²) < 4.78 is 5.95. The Morgan fingerprint density at radius 2 is 1.90 bits per heavy atom. The Balaban J connectivity index is 1.66. The highest BCUT2D eigenvalue weighted by Crippen LogP contribution is 2.27. The third-order valence-corrected chi connectivity index (χ3v) is 5.45. The molecule has 3 aromatic rings. The monoisotopic (exact) mass is 419 g/mol. The van der Waals surface area contributed by atoms with Gasteiger partial charge in [0, 0.05) is 31.1 Å². The number of nitrogens with zero attached hydrogens (tertiary/aromatic N) is 3. The Labute approximate surface area is 180 Å². The number of aliphatic hydroxyl groups is 1. The van der Waals surface area contributed by atoms with Gasteiger partial charge in [0.05, 0.1) is 36.5 Å². The quantitative estimate of drug-likeness (QED) is 0.687. The van der Waals surface area contributed by atoms with Crippen molar-refractivity contribution in [1.29, 1.82) is 0 Å². The number of para-hydroxylation sites is 1. The second-order valence-corrected chi connectivity index (χ2v) is 7.54. The molecule has 0 unspecified atom stereocenters. The predicted molar refractivity (Wildman–Crippen MR) is 117 cm³/mol.